The molecule has 1 fully saturated rings. The normalized spacial score (nSPS) is 19.9. The van der Waals surface area contributed by atoms with Gasteiger partial charge in [-0.1, -0.05) is 35.5 Å². The zero-order chi connectivity index (χ0) is 18.7. The first-order valence-electron chi connectivity index (χ1n) is 8.44. The van der Waals surface area contributed by atoms with Crippen molar-refractivity contribution in [3.05, 3.63) is 47.7 Å². The Bertz CT molecular complexity index is 746. The van der Waals surface area contributed by atoms with Crippen LogP contribution in [0.3, 0.4) is 0 Å². The molecular formula is C18H20F3N3O2. The summed E-state index contributed by atoms with van der Waals surface area (Å²) in [5.41, 5.74) is 0.646. The van der Waals surface area contributed by atoms with Gasteiger partial charge in [0.1, 0.15) is 11.8 Å². The molecular weight excluding hydrogens is 347 g/mol. The summed E-state index contributed by atoms with van der Waals surface area (Å²) >= 11 is 0. The van der Waals surface area contributed by atoms with Crippen LogP contribution >= 0.6 is 0 Å². The lowest BCUT2D eigenvalue weighted by Crippen LogP contribution is -2.46. The zero-order valence-corrected chi connectivity index (χ0v) is 14.3. The van der Waals surface area contributed by atoms with Crippen LogP contribution in [-0.2, 0) is 4.79 Å². The Morgan fingerprint density at radius 2 is 2.08 bits per heavy atom. The van der Waals surface area contributed by atoms with Gasteiger partial charge >= 0.3 is 6.18 Å². The molecule has 2 atom stereocenters. The van der Waals surface area contributed by atoms with E-state index in [-0.39, 0.29) is 18.8 Å². The highest BCUT2D eigenvalue weighted by Crippen LogP contribution is 2.36. The molecule has 1 aromatic heterocycles. The van der Waals surface area contributed by atoms with Gasteiger partial charge in [0.2, 0.25) is 5.91 Å². The molecule has 140 valence electrons. The third kappa shape index (κ3) is 4.24. The first kappa shape index (κ1) is 18.4. The van der Waals surface area contributed by atoms with Gasteiger partial charge in [-0.3, -0.25) is 9.69 Å². The number of benzene rings is 1. The Morgan fingerprint density at radius 3 is 2.69 bits per heavy atom. The smallest absolute Gasteiger partial charge is 0.360 e. The summed E-state index contributed by atoms with van der Waals surface area (Å²) in [7, 11) is 0. The van der Waals surface area contributed by atoms with Crippen molar-refractivity contribution >= 4 is 11.7 Å². The second-order valence-electron chi connectivity index (χ2n) is 6.50. The van der Waals surface area contributed by atoms with Crippen LogP contribution in [0, 0.1) is 12.8 Å². The van der Waals surface area contributed by atoms with Crippen LogP contribution in [0.5, 0.6) is 0 Å². The van der Waals surface area contributed by atoms with E-state index >= 15 is 0 Å². The number of alkyl halides is 3. The Hall–Kier alpha value is -2.35. The molecule has 1 N–H and O–H groups in total. The summed E-state index contributed by atoms with van der Waals surface area (Å²) in [5, 5.41) is 6.37. The molecule has 26 heavy (non-hydrogen) atoms. The van der Waals surface area contributed by atoms with E-state index in [9.17, 15) is 18.0 Å². The maximum Gasteiger partial charge on any atom is 0.393 e. The standard InChI is InChI=1S/C18H20F3N3O2/c1-12-10-15(23-26-12)22-17(25)16(13-6-3-2-4-7-13)24-9-5-8-14(11-24)18(19,20)21/h2-4,6-7,10,14,16H,5,8-9,11H2,1H3,(H,22,23,25)/t14-,16-/m0/s1. The summed E-state index contributed by atoms with van der Waals surface area (Å²) in [6.07, 6.45) is -3.78. The molecule has 1 amide bonds. The van der Waals surface area contributed by atoms with Crippen LogP contribution in [0.25, 0.3) is 0 Å². The van der Waals surface area contributed by atoms with Crippen molar-refractivity contribution in [1.29, 1.82) is 0 Å². The van der Waals surface area contributed by atoms with Crippen LogP contribution in [0.4, 0.5) is 19.0 Å². The molecule has 8 heteroatoms. The first-order valence-corrected chi connectivity index (χ1v) is 8.44. The Morgan fingerprint density at radius 1 is 1.35 bits per heavy atom. The minimum atomic E-state index is -4.26. The van der Waals surface area contributed by atoms with Gasteiger partial charge < -0.3 is 9.84 Å². The molecule has 0 spiro atoms. The summed E-state index contributed by atoms with van der Waals surface area (Å²) in [5.74, 6) is -1.07. The molecule has 5 nitrogen and oxygen atoms in total. The molecule has 2 aromatic rings. The van der Waals surface area contributed by atoms with Crippen LogP contribution < -0.4 is 5.32 Å². The number of nitrogens with one attached hydrogen (secondary N) is 1. The van der Waals surface area contributed by atoms with Crippen molar-refractivity contribution < 1.29 is 22.5 Å². The van der Waals surface area contributed by atoms with Crippen molar-refractivity contribution in [3.63, 3.8) is 0 Å². The van der Waals surface area contributed by atoms with Gasteiger partial charge in [0.15, 0.2) is 5.82 Å². The molecule has 1 aliphatic heterocycles. The largest absolute Gasteiger partial charge is 0.393 e. The topological polar surface area (TPSA) is 58.4 Å². The highest BCUT2D eigenvalue weighted by Gasteiger charge is 2.44. The number of amides is 1. The average Bonchev–Trinajstić information content (AvgIpc) is 3.00. The van der Waals surface area contributed by atoms with Gasteiger partial charge in [0, 0.05) is 12.6 Å². The number of likely N-dealkylation sites (tertiary alicyclic amines) is 1. The molecule has 0 aliphatic carbocycles. The summed E-state index contributed by atoms with van der Waals surface area (Å²) in [6, 6.07) is 9.56. The second kappa shape index (κ2) is 7.49. The third-order valence-corrected chi connectivity index (χ3v) is 4.52. The van der Waals surface area contributed by atoms with E-state index in [1.165, 1.54) is 0 Å². The number of nitrogens with zero attached hydrogens (tertiary/aromatic N) is 2. The number of carbonyl (C=O) groups is 1. The van der Waals surface area contributed by atoms with Crippen molar-refractivity contribution in [3.8, 4) is 0 Å². The lowest BCUT2D eigenvalue weighted by molar-refractivity contribution is -0.189. The van der Waals surface area contributed by atoms with Crippen molar-refractivity contribution in [2.24, 2.45) is 5.92 Å². The van der Waals surface area contributed by atoms with Gasteiger partial charge in [0.05, 0.1) is 5.92 Å². The molecule has 0 saturated carbocycles. The van der Waals surface area contributed by atoms with Gasteiger partial charge in [-0.25, -0.2) is 0 Å². The number of aryl methyl sites for hydroxylation is 1. The van der Waals surface area contributed by atoms with E-state index < -0.39 is 24.0 Å². The molecule has 1 aromatic carbocycles. The van der Waals surface area contributed by atoms with E-state index in [1.807, 2.05) is 0 Å². The lowest BCUT2D eigenvalue weighted by Gasteiger charge is -2.38. The van der Waals surface area contributed by atoms with E-state index in [4.69, 9.17) is 4.52 Å². The molecule has 3 rings (SSSR count). The summed E-state index contributed by atoms with van der Waals surface area (Å²) in [6.45, 7) is 1.92. The number of aromatic nitrogens is 1. The van der Waals surface area contributed by atoms with Crippen molar-refractivity contribution in [2.45, 2.75) is 32.0 Å². The van der Waals surface area contributed by atoms with E-state index in [0.29, 0.717) is 24.3 Å². The maximum atomic E-state index is 13.2. The van der Waals surface area contributed by atoms with Crippen molar-refractivity contribution in [1.82, 2.24) is 10.1 Å². The zero-order valence-electron chi connectivity index (χ0n) is 14.3. The molecule has 0 radical (unpaired) electrons. The Balaban J connectivity index is 1.85. The predicted molar refractivity (Wildman–Crippen MR) is 89.4 cm³/mol. The summed E-state index contributed by atoms with van der Waals surface area (Å²) in [4.78, 5) is 14.5. The van der Waals surface area contributed by atoms with Crippen LogP contribution in [0.2, 0.25) is 0 Å². The Labute approximate surface area is 149 Å². The maximum absolute atomic E-state index is 13.2. The minimum absolute atomic E-state index is 0.0889. The fourth-order valence-corrected chi connectivity index (χ4v) is 3.29. The van der Waals surface area contributed by atoms with Crippen molar-refractivity contribution in [2.75, 3.05) is 18.4 Å². The van der Waals surface area contributed by atoms with E-state index in [2.05, 4.69) is 10.5 Å². The number of anilines is 1. The fraction of sp³-hybridized carbons (Fsp3) is 0.444. The van der Waals surface area contributed by atoms with Crippen LogP contribution in [0.1, 0.15) is 30.2 Å². The fourth-order valence-electron chi connectivity index (χ4n) is 3.29. The van der Waals surface area contributed by atoms with E-state index in [1.54, 1.807) is 48.2 Å². The quantitative estimate of drug-likeness (QED) is 0.889. The monoisotopic (exact) mass is 367 g/mol. The minimum Gasteiger partial charge on any atom is -0.360 e. The van der Waals surface area contributed by atoms with Gasteiger partial charge in [0.25, 0.3) is 0 Å². The van der Waals surface area contributed by atoms with Gasteiger partial charge in [-0.2, -0.15) is 13.2 Å². The second-order valence-corrected chi connectivity index (χ2v) is 6.50. The molecule has 2 heterocycles. The number of rotatable bonds is 4. The highest BCUT2D eigenvalue weighted by atomic mass is 19.4. The van der Waals surface area contributed by atoms with Crippen LogP contribution in [-0.4, -0.2) is 35.2 Å². The third-order valence-electron chi connectivity index (χ3n) is 4.52. The highest BCUT2D eigenvalue weighted by molar-refractivity contribution is 5.94. The van der Waals surface area contributed by atoms with Gasteiger partial charge in [-0.05, 0) is 31.9 Å². The van der Waals surface area contributed by atoms with E-state index in [0.717, 1.165) is 0 Å². The summed E-state index contributed by atoms with van der Waals surface area (Å²) < 4.78 is 44.5. The molecule has 0 bridgehead atoms. The van der Waals surface area contributed by atoms with Crippen LogP contribution in [0.15, 0.2) is 40.9 Å². The number of piperidine rings is 1. The lowest BCUT2D eigenvalue weighted by atomic mass is 9.94. The predicted octanol–water partition coefficient (Wildman–Crippen LogP) is 3.94. The first-order chi connectivity index (χ1) is 12.3. The molecule has 1 aliphatic rings. The number of hydrogen-bond donors (Lipinski definition) is 1. The number of hydrogen-bond acceptors (Lipinski definition) is 4. The molecule has 0 unspecified atom stereocenters. The average molecular weight is 367 g/mol. The van der Waals surface area contributed by atoms with Gasteiger partial charge in [-0.15, -0.1) is 0 Å². The SMILES string of the molecule is Cc1cc(NC(=O)[C@H](c2ccccc2)N2CCC[C@H](C(F)(F)F)C2)no1. The molecule has 1 saturated heterocycles. The number of halogens is 3. The number of carbonyl (C=O) groups excluding carboxylic acids is 1. The Kier molecular flexibility index (Phi) is 5.31.